The topological polar surface area (TPSA) is 47.3 Å². The number of nitrogens with two attached hydrogens (primary N) is 1. The van der Waals surface area contributed by atoms with Gasteiger partial charge in [0.15, 0.2) is 0 Å². The molecule has 1 aliphatic heterocycles. The highest BCUT2D eigenvalue weighted by atomic mass is 16.5. The van der Waals surface area contributed by atoms with Crippen molar-refractivity contribution in [3.05, 3.63) is 0 Å². The molecule has 1 aliphatic rings. The van der Waals surface area contributed by atoms with Crippen molar-refractivity contribution in [1.82, 2.24) is 5.43 Å². The standard InChI is InChI=1S/C12H26N2O/c1-10(2)6-5-7-11(14-13)12-8-3-4-9-15-12/h10-12,14H,3-9,13H2,1-2H3. The van der Waals surface area contributed by atoms with Gasteiger partial charge in [-0.3, -0.25) is 11.3 Å². The Hall–Kier alpha value is -0.120. The van der Waals surface area contributed by atoms with E-state index in [-0.39, 0.29) is 0 Å². The van der Waals surface area contributed by atoms with E-state index in [0.717, 1.165) is 25.4 Å². The van der Waals surface area contributed by atoms with Crippen molar-refractivity contribution in [2.45, 2.75) is 64.5 Å². The number of nitrogens with one attached hydrogen (secondary N) is 1. The summed E-state index contributed by atoms with van der Waals surface area (Å²) in [5, 5.41) is 0. The van der Waals surface area contributed by atoms with Crippen molar-refractivity contribution in [1.29, 1.82) is 0 Å². The zero-order chi connectivity index (χ0) is 11.1. The molecule has 0 amide bonds. The predicted molar refractivity (Wildman–Crippen MR) is 63.4 cm³/mol. The van der Waals surface area contributed by atoms with Crippen LogP contribution in [0, 0.1) is 5.92 Å². The van der Waals surface area contributed by atoms with Gasteiger partial charge in [-0.15, -0.1) is 0 Å². The molecule has 0 bridgehead atoms. The molecular formula is C12H26N2O. The van der Waals surface area contributed by atoms with Gasteiger partial charge < -0.3 is 4.74 Å². The highest BCUT2D eigenvalue weighted by Crippen LogP contribution is 2.19. The summed E-state index contributed by atoms with van der Waals surface area (Å²) in [5.74, 6) is 6.38. The molecule has 0 radical (unpaired) electrons. The van der Waals surface area contributed by atoms with Crippen molar-refractivity contribution in [2.24, 2.45) is 11.8 Å². The van der Waals surface area contributed by atoms with Gasteiger partial charge in [-0.05, 0) is 31.6 Å². The fourth-order valence-corrected chi connectivity index (χ4v) is 2.21. The van der Waals surface area contributed by atoms with E-state index in [9.17, 15) is 0 Å². The summed E-state index contributed by atoms with van der Waals surface area (Å²) in [6, 6.07) is 0.351. The molecule has 0 aliphatic carbocycles. The monoisotopic (exact) mass is 214 g/mol. The average molecular weight is 214 g/mol. The van der Waals surface area contributed by atoms with E-state index in [1.807, 2.05) is 0 Å². The lowest BCUT2D eigenvalue weighted by molar-refractivity contribution is -0.00990. The van der Waals surface area contributed by atoms with Crippen LogP contribution >= 0.6 is 0 Å². The molecule has 3 N–H and O–H groups in total. The number of ether oxygens (including phenoxy) is 1. The SMILES string of the molecule is CC(C)CCCC(NN)C1CCCCO1. The zero-order valence-corrected chi connectivity index (χ0v) is 10.2. The van der Waals surface area contributed by atoms with Gasteiger partial charge in [0, 0.05) is 12.6 Å². The molecule has 1 heterocycles. The van der Waals surface area contributed by atoms with Crippen LogP contribution in [0.15, 0.2) is 0 Å². The van der Waals surface area contributed by atoms with E-state index in [1.54, 1.807) is 0 Å². The van der Waals surface area contributed by atoms with Crippen LogP contribution in [-0.2, 0) is 4.74 Å². The lowest BCUT2D eigenvalue weighted by Crippen LogP contribution is -2.46. The molecule has 3 heteroatoms. The van der Waals surface area contributed by atoms with Crippen LogP contribution in [0.2, 0.25) is 0 Å². The molecule has 0 spiro atoms. The van der Waals surface area contributed by atoms with Crippen molar-refractivity contribution in [3.8, 4) is 0 Å². The summed E-state index contributed by atoms with van der Waals surface area (Å²) in [7, 11) is 0. The summed E-state index contributed by atoms with van der Waals surface area (Å²) in [4.78, 5) is 0. The van der Waals surface area contributed by atoms with Crippen LogP contribution in [-0.4, -0.2) is 18.8 Å². The number of hydrazine groups is 1. The second kappa shape index (κ2) is 7.20. The molecule has 2 atom stereocenters. The Morgan fingerprint density at radius 2 is 2.13 bits per heavy atom. The van der Waals surface area contributed by atoms with E-state index in [1.165, 1.54) is 25.7 Å². The maximum absolute atomic E-state index is 5.75. The first-order valence-corrected chi connectivity index (χ1v) is 6.31. The highest BCUT2D eigenvalue weighted by molar-refractivity contribution is 4.77. The third kappa shape index (κ3) is 4.96. The Morgan fingerprint density at radius 3 is 2.67 bits per heavy atom. The molecule has 0 aromatic rings. The Kier molecular flexibility index (Phi) is 6.22. The van der Waals surface area contributed by atoms with Gasteiger partial charge >= 0.3 is 0 Å². The quantitative estimate of drug-likeness (QED) is 0.526. The first-order chi connectivity index (χ1) is 7.24. The molecule has 2 unspecified atom stereocenters. The Balaban J connectivity index is 2.21. The summed E-state index contributed by atoms with van der Waals surface area (Å²) >= 11 is 0. The van der Waals surface area contributed by atoms with Crippen LogP contribution in [0.25, 0.3) is 0 Å². The molecule has 3 nitrogen and oxygen atoms in total. The fraction of sp³-hybridized carbons (Fsp3) is 1.00. The van der Waals surface area contributed by atoms with Gasteiger partial charge in [-0.1, -0.05) is 26.7 Å². The number of hydrogen-bond donors (Lipinski definition) is 2. The third-order valence-electron chi connectivity index (χ3n) is 3.17. The largest absolute Gasteiger partial charge is 0.377 e. The lowest BCUT2D eigenvalue weighted by atomic mass is 9.96. The van der Waals surface area contributed by atoms with E-state index >= 15 is 0 Å². The lowest BCUT2D eigenvalue weighted by Gasteiger charge is -2.30. The minimum Gasteiger partial charge on any atom is -0.377 e. The van der Waals surface area contributed by atoms with Crippen molar-refractivity contribution in [3.63, 3.8) is 0 Å². The van der Waals surface area contributed by atoms with Crippen molar-refractivity contribution in [2.75, 3.05) is 6.61 Å². The fourth-order valence-electron chi connectivity index (χ4n) is 2.21. The van der Waals surface area contributed by atoms with E-state index in [4.69, 9.17) is 10.6 Å². The van der Waals surface area contributed by atoms with Gasteiger partial charge in [0.05, 0.1) is 6.10 Å². The summed E-state index contributed by atoms with van der Waals surface area (Å²) in [5.41, 5.74) is 2.92. The normalized spacial score (nSPS) is 24.4. The molecule has 1 rings (SSSR count). The molecular weight excluding hydrogens is 188 g/mol. The second-order valence-electron chi connectivity index (χ2n) is 5.00. The Morgan fingerprint density at radius 1 is 1.33 bits per heavy atom. The molecule has 1 saturated heterocycles. The van der Waals surface area contributed by atoms with Crippen LogP contribution in [0.5, 0.6) is 0 Å². The van der Waals surface area contributed by atoms with Gasteiger partial charge in [0.25, 0.3) is 0 Å². The molecule has 0 aromatic heterocycles. The summed E-state index contributed by atoms with van der Waals surface area (Å²) in [6.45, 7) is 5.44. The molecule has 15 heavy (non-hydrogen) atoms. The molecule has 1 fully saturated rings. The Labute approximate surface area is 93.7 Å². The predicted octanol–water partition coefficient (Wildman–Crippen LogP) is 2.21. The van der Waals surface area contributed by atoms with Gasteiger partial charge in [0.2, 0.25) is 0 Å². The maximum atomic E-state index is 5.75. The molecule has 0 saturated carbocycles. The number of hydrogen-bond acceptors (Lipinski definition) is 3. The summed E-state index contributed by atoms with van der Waals surface area (Å²) < 4.78 is 5.75. The zero-order valence-electron chi connectivity index (χ0n) is 10.2. The number of rotatable bonds is 6. The third-order valence-corrected chi connectivity index (χ3v) is 3.17. The van der Waals surface area contributed by atoms with Crippen LogP contribution < -0.4 is 11.3 Å². The van der Waals surface area contributed by atoms with Crippen molar-refractivity contribution < 1.29 is 4.74 Å². The first kappa shape index (κ1) is 12.9. The van der Waals surface area contributed by atoms with E-state index in [0.29, 0.717) is 12.1 Å². The van der Waals surface area contributed by atoms with Gasteiger partial charge in [-0.25, -0.2) is 0 Å². The second-order valence-corrected chi connectivity index (χ2v) is 5.00. The van der Waals surface area contributed by atoms with E-state index < -0.39 is 0 Å². The molecule has 90 valence electrons. The van der Waals surface area contributed by atoms with Crippen molar-refractivity contribution >= 4 is 0 Å². The summed E-state index contributed by atoms with van der Waals surface area (Å²) in [6.07, 6.45) is 7.66. The highest BCUT2D eigenvalue weighted by Gasteiger charge is 2.22. The maximum Gasteiger partial charge on any atom is 0.0741 e. The van der Waals surface area contributed by atoms with Gasteiger partial charge in [0.1, 0.15) is 0 Å². The van der Waals surface area contributed by atoms with Crippen LogP contribution in [0.3, 0.4) is 0 Å². The smallest absolute Gasteiger partial charge is 0.0741 e. The molecule has 0 aromatic carbocycles. The van der Waals surface area contributed by atoms with Crippen LogP contribution in [0.4, 0.5) is 0 Å². The van der Waals surface area contributed by atoms with Crippen LogP contribution in [0.1, 0.15) is 52.4 Å². The Bertz CT molecular complexity index is 156. The first-order valence-electron chi connectivity index (χ1n) is 6.31. The van der Waals surface area contributed by atoms with E-state index in [2.05, 4.69) is 19.3 Å². The average Bonchev–Trinajstić information content (AvgIpc) is 2.25. The minimum atomic E-state index is 0.343. The minimum absolute atomic E-state index is 0.343. The van der Waals surface area contributed by atoms with Gasteiger partial charge in [-0.2, -0.15) is 0 Å².